The number of rotatable bonds is 14. The van der Waals surface area contributed by atoms with Gasteiger partial charge in [-0.05, 0) is 37.2 Å². The molecule has 2 amide bonds. The van der Waals surface area contributed by atoms with Gasteiger partial charge >= 0.3 is 5.97 Å². The molecule has 35 heavy (non-hydrogen) atoms. The number of hydrogen-bond acceptors (Lipinski definition) is 5. The zero-order chi connectivity index (χ0) is 25.5. The molecule has 7 nitrogen and oxygen atoms in total. The third-order valence-corrected chi connectivity index (χ3v) is 6.66. The van der Waals surface area contributed by atoms with E-state index in [0.717, 1.165) is 24.8 Å². The average Bonchev–Trinajstić information content (AvgIpc) is 2.84. The van der Waals surface area contributed by atoms with Crippen LogP contribution in [0.3, 0.4) is 0 Å². The van der Waals surface area contributed by atoms with Gasteiger partial charge in [-0.15, -0.1) is 0 Å². The van der Waals surface area contributed by atoms with Crippen LogP contribution in [0, 0.1) is 6.92 Å². The molecule has 1 fully saturated rings. The van der Waals surface area contributed by atoms with Gasteiger partial charge in [0.25, 0.3) is 5.91 Å². The van der Waals surface area contributed by atoms with Crippen molar-refractivity contribution in [2.75, 3.05) is 19.7 Å². The van der Waals surface area contributed by atoms with Gasteiger partial charge < -0.3 is 15.0 Å². The highest BCUT2D eigenvalue weighted by Gasteiger charge is 2.34. The molecule has 0 bridgehead atoms. The normalized spacial score (nSPS) is 15.4. The van der Waals surface area contributed by atoms with Gasteiger partial charge in [0, 0.05) is 18.7 Å². The molecule has 194 valence electrons. The van der Waals surface area contributed by atoms with Gasteiger partial charge in [0.2, 0.25) is 5.91 Å². The van der Waals surface area contributed by atoms with Crippen LogP contribution < -0.4 is 10.6 Å². The molecule has 0 saturated carbocycles. The smallest absolute Gasteiger partial charge is 0.308 e. The van der Waals surface area contributed by atoms with Crippen LogP contribution >= 0.6 is 12.2 Å². The van der Waals surface area contributed by atoms with Crippen molar-refractivity contribution in [2.45, 2.75) is 90.5 Å². The van der Waals surface area contributed by atoms with E-state index in [-0.39, 0.29) is 23.3 Å². The maximum Gasteiger partial charge on any atom is 0.308 e. The summed E-state index contributed by atoms with van der Waals surface area (Å²) in [6.45, 7) is 5.24. The minimum Gasteiger partial charge on any atom is -0.466 e. The molecule has 1 aromatic carbocycles. The first kappa shape index (κ1) is 28.8. The zero-order valence-electron chi connectivity index (χ0n) is 21.3. The summed E-state index contributed by atoms with van der Waals surface area (Å²) in [4.78, 5) is 39.1. The van der Waals surface area contributed by atoms with Gasteiger partial charge in [-0.3, -0.25) is 19.7 Å². The summed E-state index contributed by atoms with van der Waals surface area (Å²) in [6, 6.07) is 6.41. The number of nitrogens with one attached hydrogen (secondary N) is 2. The number of nitrogens with zero attached hydrogens (tertiary/aromatic N) is 1. The number of thiocarbonyl (C=S) groups is 1. The summed E-state index contributed by atoms with van der Waals surface area (Å²) >= 11 is 5.42. The minimum absolute atomic E-state index is 0.107. The SMILES string of the molecule is CCCCCCCCCCCCOC(=O)CC1C(=O)NCCN1C(=S)NC(=O)c1ccccc1C. The summed E-state index contributed by atoms with van der Waals surface area (Å²) in [5.74, 6) is -1.05. The first-order chi connectivity index (χ1) is 16.9. The highest BCUT2D eigenvalue weighted by atomic mass is 32.1. The Balaban J connectivity index is 1.71. The summed E-state index contributed by atoms with van der Waals surface area (Å²) in [5, 5.41) is 5.61. The van der Waals surface area contributed by atoms with Gasteiger partial charge in [0.1, 0.15) is 6.04 Å². The molecule has 1 atom stereocenters. The Morgan fingerprint density at radius 3 is 2.34 bits per heavy atom. The molecule has 2 N–H and O–H groups in total. The van der Waals surface area contributed by atoms with Crippen LogP contribution in [0.2, 0.25) is 0 Å². The molecule has 0 spiro atoms. The fourth-order valence-electron chi connectivity index (χ4n) is 4.22. The molecule has 1 heterocycles. The van der Waals surface area contributed by atoms with Gasteiger partial charge in [-0.1, -0.05) is 82.9 Å². The van der Waals surface area contributed by atoms with Gasteiger partial charge in [0.15, 0.2) is 5.11 Å². The topological polar surface area (TPSA) is 87.7 Å². The number of carbonyl (C=O) groups is 3. The number of unbranched alkanes of at least 4 members (excludes halogenated alkanes) is 9. The predicted molar refractivity (Wildman–Crippen MR) is 142 cm³/mol. The monoisotopic (exact) mass is 503 g/mol. The van der Waals surface area contributed by atoms with Crippen molar-refractivity contribution < 1.29 is 19.1 Å². The first-order valence-electron chi connectivity index (χ1n) is 13.0. The van der Waals surface area contributed by atoms with Crippen LogP contribution in [-0.4, -0.2) is 53.5 Å². The maximum absolute atomic E-state index is 12.6. The van der Waals surface area contributed by atoms with Crippen molar-refractivity contribution in [3.8, 4) is 0 Å². The summed E-state index contributed by atoms with van der Waals surface area (Å²) in [5.41, 5.74) is 1.35. The second-order valence-electron chi connectivity index (χ2n) is 9.18. The molecule has 1 unspecified atom stereocenters. The minimum atomic E-state index is -0.798. The largest absolute Gasteiger partial charge is 0.466 e. The van der Waals surface area contributed by atoms with Crippen LogP contribution in [0.15, 0.2) is 24.3 Å². The Kier molecular flexibility index (Phi) is 13.3. The quantitative estimate of drug-likeness (QED) is 0.218. The van der Waals surface area contributed by atoms with Crippen LogP contribution in [0.4, 0.5) is 0 Å². The lowest BCUT2D eigenvalue weighted by Crippen LogP contribution is -2.60. The lowest BCUT2D eigenvalue weighted by Gasteiger charge is -2.36. The Morgan fingerprint density at radius 2 is 1.69 bits per heavy atom. The van der Waals surface area contributed by atoms with Crippen LogP contribution in [-0.2, 0) is 14.3 Å². The molecule has 0 radical (unpaired) electrons. The van der Waals surface area contributed by atoms with E-state index in [9.17, 15) is 14.4 Å². The Hall–Kier alpha value is -2.48. The predicted octanol–water partition coefficient (Wildman–Crippen LogP) is 4.66. The van der Waals surface area contributed by atoms with Crippen LogP contribution in [0.5, 0.6) is 0 Å². The molecule has 2 rings (SSSR count). The second kappa shape index (κ2) is 16.2. The number of esters is 1. The molecule has 1 saturated heterocycles. The van der Waals surface area contributed by atoms with E-state index in [4.69, 9.17) is 17.0 Å². The zero-order valence-corrected chi connectivity index (χ0v) is 22.1. The van der Waals surface area contributed by atoms with Gasteiger partial charge in [-0.2, -0.15) is 0 Å². The van der Waals surface area contributed by atoms with Crippen molar-refractivity contribution in [1.82, 2.24) is 15.5 Å². The van der Waals surface area contributed by atoms with Crippen LogP contribution in [0.25, 0.3) is 0 Å². The van der Waals surface area contributed by atoms with Crippen molar-refractivity contribution in [3.05, 3.63) is 35.4 Å². The third-order valence-electron chi connectivity index (χ3n) is 6.32. The van der Waals surface area contributed by atoms with Crippen LogP contribution in [0.1, 0.15) is 93.5 Å². The van der Waals surface area contributed by atoms with E-state index in [1.807, 2.05) is 19.1 Å². The van der Waals surface area contributed by atoms with Crippen molar-refractivity contribution >= 4 is 35.1 Å². The number of benzene rings is 1. The van der Waals surface area contributed by atoms with Crippen molar-refractivity contribution in [1.29, 1.82) is 0 Å². The number of hydrogen-bond donors (Lipinski definition) is 2. The van der Waals surface area contributed by atoms with Crippen molar-refractivity contribution in [2.24, 2.45) is 0 Å². The Morgan fingerprint density at radius 1 is 1.06 bits per heavy atom. The lowest BCUT2D eigenvalue weighted by molar-refractivity contribution is -0.147. The number of piperazine rings is 1. The summed E-state index contributed by atoms with van der Waals surface area (Å²) in [6.07, 6.45) is 12.0. The Labute approximate surface area is 215 Å². The molecular formula is C27H41N3O4S. The van der Waals surface area contributed by atoms with Gasteiger partial charge in [-0.25, -0.2) is 0 Å². The standard InChI is InChI=1S/C27H41N3O4S/c1-3-4-5-6-7-8-9-10-11-14-19-34-24(31)20-23-26(33)28-17-18-30(23)27(35)29-25(32)22-16-13-12-15-21(22)2/h12-13,15-16,23H,3-11,14,17-20H2,1-2H3,(H,28,33)(H,29,32,35). The molecule has 1 aliphatic heterocycles. The number of carbonyl (C=O) groups excluding carboxylic acids is 3. The maximum atomic E-state index is 12.6. The fraction of sp³-hybridized carbons (Fsp3) is 0.630. The molecule has 0 aromatic heterocycles. The van der Waals surface area contributed by atoms with E-state index in [2.05, 4.69) is 17.6 Å². The summed E-state index contributed by atoms with van der Waals surface area (Å²) in [7, 11) is 0. The Bertz CT molecular complexity index is 845. The van der Waals surface area contributed by atoms with E-state index in [1.165, 1.54) is 44.9 Å². The molecule has 1 aliphatic rings. The second-order valence-corrected chi connectivity index (χ2v) is 9.57. The highest BCUT2D eigenvalue weighted by Crippen LogP contribution is 2.14. The molecule has 8 heteroatoms. The molecule has 0 aliphatic carbocycles. The van der Waals surface area contributed by atoms with E-state index < -0.39 is 12.0 Å². The number of amides is 2. The lowest BCUT2D eigenvalue weighted by atomic mass is 10.1. The van der Waals surface area contributed by atoms with E-state index in [1.54, 1.807) is 17.0 Å². The number of aryl methyl sites for hydroxylation is 1. The average molecular weight is 504 g/mol. The molecular weight excluding hydrogens is 462 g/mol. The summed E-state index contributed by atoms with van der Waals surface area (Å²) < 4.78 is 5.38. The molecule has 1 aromatic rings. The van der Waals surface area contributed by atoms with E-state index >= 15 is 0 Å². The number of ether oxygens (including phenoxy) is 1. The first-order valence-corrected chi connectivity index (χ1v) is 13.5. The highest BCUT2D eigenvalue weighted by molar-refractivity contribution is 7.80. The van der Waals surface area contributed by atoms with Gasteiger partial charge in [0.05, 0.1) is 13.0 Å². The fourth-order valence-corrected chi connectivity index (χ4v) is 4.53. The third kappa shape index (κ3) is 10.3. The van der Waals surface area contributed by atoms with E-state index in [0.29, 0.717) is 25.3 Å². The van der Waals surface area contributed by atoms with Crippen molar-refractivity contribution in [3.63, 3.8) is 0 Å².